The summed E-state index contributed by atoms with van der Waals surface area (Å²) >= 11 is 0. The summed E-state index contributed by atoms with van der Waals surface area (Å²) in [5.74, 6) is -0.228. The van der Waals surface area contributed by atoms with Crippen molar-refractivity contribution in [3.8, 4) is 0 Å². The van der Waals surface area contributed by atoms with Crippen LogP contribution in [0.4, 0.5) is 0 Å². The molecule has 4 heteroatoms. The van der Waals surface area contributed by atoms with Crippen LogP contribution < -0.4 is 0 Å². The Hall–Kier alpha value is -0.610. The number of hydrogen-bond acceptors (Lipinski definition) is 4. The minimum atomic E-state index is -0.296. The molecule has 64 valence electrons. The molecule has 1 saturated heterocycles. The SMILES string of the molecule is CN(C)C1CC(CO)OC1=O. The molecule has 4 nitrogen and oxygen atoms in total. The summed E-state index contributed by atoms with van der Waals surface area (Å²) in [5, 5.41) is 8.69. The monoisotopic (exact) mass is 159 g/mol. The summed E-state index contributed by atoms with van der Waals surface area (Å²) in [6.07, 6.45) is 0.303. The minimum absolute atomic E-state index is 0.0733. The van der Waals surface area contributed by atoms with E-state index in [2.05, 4.69) is 0 Å². The lowest BCUT2D eigenvalue weighted by molar-refractivity contribution is -0.145. The molecule has 2 atom stereocenters. The van der Waals surface area contributed by atoms with Crippen molar-refractivity contribution in [2.45, 2.75) is 18.6 Å². The zero-order valence-electron chi connectivity index (χ0n) is 6.78. The number of esters is 1. The maximum absolute atomic E-state index is 11.0. The zero-order valence-corrected chi connectivity index (χ0v) is 6.78. The van der Waals surface area contributed by atoms with Crippen LogP contribution in [0.5, 0.6) is 0 Å². The highest BCUT2D eigenvalue weighted by Crippen LogP contribution is 2.17. The van der Waals surface area contributed by atoms with Crippen molar-refractivity contribution < 1.29 is 14.6 Å². The Bertz CT molecular complexity index is 158. The second kappa shape index (κ2) is 3.19. The van der Waals surface area contributed by atoms with Crippen LogP contribution in [0.15, 0.2) is 0 Å². The molecule has 0 bridgehead atoms. The van der Waals surface area contributed by atoms with Gasteiger partial charge in [0.25, 0.3) is 0 Å². The van der Waals surface area contributed by atoms with Gasteiger partial charge in [0, 0.05) is 6.42 Å². The first-order valence-electron chi connectivity index (χ1n) is 3.63. The highest BCUT2D eigenvalue weighted by molar-refractivity contribution is 5.77. The van der Waals surface area contributed by atoms with Crippen LogP contribution in [0.3, 0.4) is 0 Å². The van der Waals surface area contributed by atoms with Gasteiger partial charge < -0.3 is 9.84 Å². The molecule has 0 aromatic rings. The molecule has 0 aromatic carbocycles. The number of cyclic esters (lactones) is 1. The van der Waals surface area contributed by atoms with E-state index in [1.807, 2.05) is 14.1 Å². The van der Waals surface area contributed by atoms with Crippen molar-refractivity contribution in [3.05, 3.63) is 0 Å². The number of hydrogen-bond donors (Lipinski definition) is 1. The van der Waals surface area contributed by atoms with Gasteiger partial charge in [0.15, 0.2) is 0 Å². The lowest BCUT2D eigenvalue weighted by Gasteiger charge is -2.13. The summed E-state index contributed by atoms with van der Waals surface area (Å²) in [6, 6.07) is -0.174. The van der Waals surface area contributed by atoms with Gasteiger partial charge in [-0.1, -0.05) is 0 Å². The molecule has 1 heterocycles. The number of rotatable bonds is 2. The number of ether oxygens (including phenoxy) is 1. The van der Waals surface area contributed by atoms with E-state index in [9.17, 15) is 4.79 Å². The maximum Gasteiger partial charge on any atom is 0.323 e. The van der Waals surface area contributed by atoms with E-state index in [-0.39, 0.29) is 24.7 Å². The average molecular weight is 159 g/mol. The molecular formula is C7H13NO3. The van der Waals surface area contributed by atoms with E-state index in [1.54, 1.807) is 4.90 Å². The molecule has 1 aliphatic heterocycles. The third kappa shape index (κ3) is 1.70. The minimum Gasteiger partial charge on any atom is -0.459 e. The van der Waals surface area contributed by atoms with Crippen LogP contribution in [-0.2, 0) is 9.53 Å². The van der Waals surface area contributed by atoms with Crippen LogP contribution in [0.1, 0.15) is 6.42 Å². The summed E-state index contributed by atoms with van der Waals surface area (Å²) < 4.78 is 4.85. The first kappa shape index (κ1) is 8.49. The van der Waals surface area contributed by atoms with E-state index in [1.165, 1.54) is 0 Å². The molecule has 0 spiro atoms. The van der Waals surface area contributed by atoms with Gasteiger partial charge in [0.1, 0.15) is 12.1 Å². The van der Waals surface area contributed by atoms with Crippen LogP contribution in [-0.4, -0.2) is 48.8 Å². The van der Waals surface area contributed by atoms with Crippen molar-refractivity contribution in [1.29, 1.82) is 0 Å². The first-order chi connectivity index (χ1) is 5.15. The fourth-order valence-corrected chi connectivity index (χ4v) is 1.17. The van der Waals surface area contributed by atoms with E-state index < -0.39 is 0 Å². The largest absolute Gasteiger partial charge is 0.459 e. The van der Waals surface area contributed by atoms with Gasteiger partial charge in [-0.15, -0.1) is 0 Å². The molecule has 1 fully saturated rings. The average Bonchev–Trinajstić information content (AvgIpc) is 2.30. The second-order valence-corrected chi connectivity index (χ2v) is 2.96. The van der Waals surface area contributed by atoms with Gasteiger partial charge in [0.05, 0.1) is 6.61 Å². The quantitative estimate of drug-likeness (QED) is 0.537. The first-order valence-corrected chi connectivity index (χ1v) is 3.63. The predicted octanol–water partition coefficient (Wildman–Crippen LogP) is -0.776. The Morgan fingerprint density at radius 1 is 1.73 bits per heavy atom. The van der Waals surface area contributed by atoms with Crippen molar-refractivity contribution in [2.75, 3.05) is 20.7 Å². The van der Waals surface area contributed by atoms with Crippen LogP contribution in [0.25, 0.3) is 0 Å². The molecule has 2 unspecified atom stereocenters. The molecule has 0 aliphatic carbocycles. The van der Waals surface area contributed by atoms with E-state index in [4.69, 9.17) is 9.84 Å². The lowest BCUT2D eigenvalue weighted by Crippen LogP contribution is -2.31. The Kier molecular flexibility index (Phi) is 2.46. The Morgan fingerprint density at radius 2 is 2.36 bits per heavy atom. The lowest BCUT2D eigenvalue weighted by atomic mass is 10.2. The Morgan fingerprint density at radius 3 is 2.64 bits per heavy atom. The van der Waals surface area contributed by atoms with Crippen molar-refractivity contribution in [3.63, 3.8) is 0 Å². The molecule has 1 N–H and O–H groups in total. The highest BCUT2D eigenvalue weighted by Gasteiger charge is 2.35. The van der Waals surface area contributed by atoms with Crippen molar-refractivity contribution in [1.82, 2.24) is 4.90 Å². The third-order valence-electron chi connectivity index (χ3n) is 1.87. The maximum atomic E-state index is 11.0. The summed E-state index contributed by atoms with van der Waals surface area (Å²) in [7, 11) is 3.65. The number of nitrogens with zero attached hydrogens (tertiary/aromatic N) is 1. The number of aliphatic hydroxyl groups is 1. The van der Waals surface area contributed by atoms with Gasteiger partial charge in [-0.2, -0.15) is 0 Å². The molecule has 1 rings (SSSR count). The van der Waals surface area contributed by atoms with Crippen LogP contribution >= 0.6 is 0 Å². The van der Waals surface area contributed by atoms with Crippen LogP contribution in [0.2, 0.25) is 0 Å². The molecule has 0 amide bonds. The van der Waals surface area contributed by atoms with Crippen molar-refractivity contribution in [2.24, 2.45) is 0 Å². The molecular weight excluding hydrogens is 146 g/mol. The summed E-state index contributed by atoms with van der Waals surface area (Å²) in [4.78, 5) is 12.8. The second-order valence-electron chi connectivity index (χ2n) is 2.96. The topological polar surface area (TPSA) is 49.8 Å². The van der Waals surface area contributed by atoms with Gasteiger partial charge in [-0.05, 0) is 14.1 Å². The smallest absolute Gasteiger partial charge is 0.323 e. The molecule has 1 aliphatic rings. The number of carbonyl (C=O) groups is 1. The standard InChI is InChI=1S/C7H13NO3/c1-8(2)6-3-5(4-9)11-7(6)10/h5-6,9H,3-4H2,1-2H3. The molecule has 11 heavy (non-hydrogen) atoms. The van der Waals surface area contributed by atoms with E-state index in [0.717, 1.165) is 0 Å². The molecule has 0 radical (unpaired) electrons. The van der Waals surface area contributed by atoms with E-state index in [0.29, 0.717) is 6.42 Å². The highest BCUT2D eigenvalue weighted by atomic mass is 16.6. The van der Waals surface area contributed by atoms with Crippen LogP contribution in [0, 0.1) is 0 Å². The van der Waals surface area contributed by atoms with Crippen molar-refractivity contribution >= 4 is 5.97 Å². The zero-order chi connectivity index (χ0) is 8.43. The van der Waals surface area contributed by atoms with E-state index >= 15 is 0 Å². The Balaban J connectivity index is 2.52. The van der Waals surface area contributed by atoms with Gasteiger partial charge in [-0.3, -0.25) is 9.69 Å². The molecule has 0 saturated carbocycles. The fraction of sp³-hybridized carbons (Fsp3) is 0.857. The normalized spacial score (nSPS) is 31.1. The number of carbonyl (C=O) groups excluding carboxylic acids is 1. The number of aliphatic hydroxyl groups excluding tert-OH is 1. The van der Waals surface area contributed by atoms with Gasteiger partial charge in [0.2, 0.25) is 0 Å². The molecule has 0 aromatic heterocycles. The third-order valence-corrected chi connectivity index (χ3v) is 1.87. The van der Waals surface area contributed by atoms with Gasteiger partial charge >= 0.3 is 5.97 Å². The van der Waals surface area contributed by atoms with Gasteiger partial charge in [-0.25, -0.2) is 0 Å². The predicted molar refractivity (Wildman–Crippen MR) is 39.1 cm³/mol. The number of likely N-dealkylation sites (N-methyl/N-ethyl adjacent to an activating group) is 1. The Labute approximate surface area is 65.8 Å². The summed E-state index contributed by atoms with van der Waals surface area (Å²) in [5.41, 5.74) is 0. The summed E-state index contributed by atoms with van der Waals surface area (Å²) in [6.45, 7) is -0.0733. The fourth-order valence-electron chi connectivity index (χ4n) is 1.17.